The van der Waals surface area contributed by atoms with E-state index in [1.807, 2.05) is 13.8 Å². The van der Waals surface area contributed by atoms with Crippen LogP contribution in [0.3, 0.4) is 0 Å². The topological polar surface area (TPSA) is 17.1 Å². The van der Waals surface area contributed by atoms with Gasteiger partial charge in [-0.05, 0) is 18.7 Å². The van der Waals surface area contributed by atoms with E-state index in [0.29, 0.717) is 6.42 Å². The van der Waals surface area contributed by atoms with Crippen molar-refractivity contribution < 1.29 is 4.79 Å². The van der Waals surface area contributed by atoms with Crippen LogP contribution in [-0.2, 0) is 4.79 Å². The van der Waals surface area contributed by atoms with Gasteiger partial charge in [-0.3, -0.25) is 4.79 Å². The van der Waals surface area contributed by atoms with Gasteiger partial charge in [-0.1, -0.05) is 26.1 Å². The molecule has 0 unspecified atom stereocenters. The van der Waals surface area contributed by atoms with Crippen molar-refractivity contribution in [2.24, 2.45) is 5.41 Å². The van der Waals surface area contributed by atoms with Gasteiger partial charge < -0.3 is 0 Å². The van der Waals surface area contributed by atoms with Gasteiger partial charge in [-0.25, -0.2) is 0 Å². The number of ketones is 1. The number of carbonyl (C=O) groups is 1. The number of carbonyl (C=O) groups excluding carboxylic acids is 1. The summed E-state index contributed by atoms with van der Waals surface area (Å²) in [5, 5.41) is 1.61. The van der Waals surface area contributed by atoms with E-state index >= 15 is 0 Å². The fraction of sp³-hybridized carbons (Fsp3) is 0.714. The zero-order chi connectivity index (χ0) is 7.49. The number of Topliss-reactive ketones (excluding diaryl/α,β-unsaturated/α-hetero) is 1. The highest BCUT2D eigenvalue weighted by molar-refractivity contribution is 7.78. The van der Waals surface area contributed by atoms with Crippen LogP contribution in [0.4, 0.5) is 0 Å². The number of hydrogen-bond acceptors (Lipinski definition) is 2. The maximum absolute atomic E-state index is 10.8. The van der Waals surface area contributed by atoms with E-state index in [1.165, 1.54) is 0 Å². The van der Waals surface area contributed by atoms with Gasteiger partial charge in [0.05, 0.1) is 0 Å². The molecule has 2 heteroatoms. The summed E-state index contributed by atoms with van der Waals surface area (Å²) in [6.45, 7) is 5.40. The van der Waals surface area contributed by atoms with E-state index in [9.17, 15) is 4.79 Å². The van der Waals surface area contributed by atoms with Gasteiger partial charge in [0.1, 0.15) is 5.78 Å². The van der Waals surface area contributed by atoms with E-state index in [4.69, 9.17) is 0 Å². The second kappa shape index (κ2) is 3.06. The smallest absolute Gasteiger partial charge is 0.135 e. The molecule has 0 atom stereocenters. The maximum atomic E-state index is 10.8. The van der Waals surface area contributed by atoms with Crippen molar-refractivity contribution in [2.75, 3.05) is 0 Å². The summed E-state index contributed by atoms with van der Waals surface area (Å²) in [4.78, 5) is 10.8. The van der Waals surface area contributed by atoms with Crippen LogP contribution in [0.15, 0.2) is 0 Å². The first-order chi connectivity index (χ1) is 4.00. The van der Waals surface area contributed by atoms with Crippen LogP contribution in [0, 0.1) is 5.41 Å². The van der Waals surface area contributed by atoms with Gasteiger partial charge in [-0.15, -0.1) is 0 Å². The largest absolute Gasteiger partial charge is 0.299 e. The molecular formula is C7H12OS. The monoisotopic (exact) mass is 144 g/mol. The van der Waals surface area contributed by atoms with Gasteiger partial charge in [-0.2, -0.15) is 0 Å². The summed E-state index contributed by atoms with van der Waals surface area (Å²) < 4.78 is 0. The Balaban J connectivity index is 4.00. The predicted molar refractivity (Wildman–Crippen MR) is 42.7 cm³/mol. The van der Waals surface area contributed by atoms with Crippen molar-refractivity contribution >= 4 is 23.4 Å². The summed E-state index contributed by atoms with van der Waals surface area (Å²) in [5.41, 5.74) is -0.248. The maximum Gasteiger partial charge on any atom is 0.135 e. The third-order valence-corrected chi connectivity index (χ3v) is 1.71. The molecule has 0 saturated carbocycles. The molecule has 0 heterocycles. The minimum atomic E-state index is -0.248. The van der Waals surface area contributed by atoms with Crippen LogP contribution in [0.25, 0.3) is 0 Å². The standard InChI is InChI=1S/C7H12OS/c1-6(8)7(2,3)4-5-9/h5H,4H2,1-3H3. The third-order valence-electron chi connectivity index (χ3n) is 1.55. The highest BCUT2D eigenvalue weighted by atomic mass is 32.1. The Morgan fingerprint density at radius 1 is 1.67 bits per heavy atom. The highest BCUT2D eigenvalue weighted by Crippen LogP contribution is 2.19. The number of hydrogen-bond donors (Lipinski definition) is 0. The molecule has 0 N–H and O–H groups in total. The van der Waals surface area contributed by atoms with Gasteiger partial charge in [0.25, 0.3) is 0 Å². The van der Waals surface area contributed by atoms with Gasteiger partial charge in [0.15, 0.2) is 0 Å². The molecule has 1 nitrogen and oxygen atoms in total. The summed E-state index contributed by atoms with van der Waals surface area (Å²) in [7, 11) is 0. The summed E-state index contributed by atoms with van der Waals surface area (Å²) in [5.74, 6) is 0.198. The summed E-state index contributed by atoms with van der Waals surface area (Å²) in [6.07, 6.45) is 0.692. The average Bonchev–Trinajstić information content (AvgIpc) is 1.65. The lowest BCUT2D eigenvalue weighted by atomic mass is 9.86. The lowest BCUT2D eigenvalue weighted by Crippen LogP contribution is -2.21. The second-order valence-corrected chi connectivity index (χ2v) is 3.14. The van der Waals surface area contributed by atoms with Crippen LogP contribution >= 0.6 is 12.2 Å². The second-order valence-electron chi connectivity index (χ2n) is 2.81. The Hall–Kier alpha value is -0.240. The first kappa shape index (κ1) is 8.76. The molecule has 9 heavy (non-hydrogen) atoms. The molecule has 52 valence electrons. The molecule has 0 amide bonds. The molecule has 0 aliphatic carbocycles. The molecule has 0 fully saturated rings. The zero-order valence-electron chi connectivity index (χ0n) is 6.10. The fourth-order valence-corrected chi connectivity index (χ4v) is 0.769. The lowest BCUT2D eigenvalue weighted by molar-refractivity contribution is -0.124. The van der Waals surface area contributed by atoms with Gasteiger partial charge in [0, 0.05) is 5.41 Å². The Labute approximate surface area is 61.4 Å². The van der Waals surface area contributed by atoms with Crippen molar-refractivity contribution in [2.45, 2.75) is 27.2 Å². The van der Waals surface area contributed by atoms with Crippen LogP contribution in [0.2, 0.25) is 0 Å². The van der Waals surface area contributed by atoms with Crippen LogP contribution in [0.5, 0.6) is 0 Å². The Kier molecular flexibility index (Phi) is 2.98. The van der Waals surface area contributed by atoms with Gasteiger partial charge in [0.2, 0.25) is 0 Å². The first-order valence-electron chi connectivity index (χ1n) is 2.95. The normalized spacial score (nSPS) is 11.0. The van der Waals surface area contributed by atoms with Gasteiger partial charge >= 0.3 is 0 Å². The fourth-order valence-electron chi connectivity index (χ4n) is 0.352. The molecule has 0 aromatic heterocycles. The van der Waals surface area contributed by atoms with Crippen molar-refractivity contribution in [3.8, 4) is 0 Å². The molecule has 0 rings (SSSR count). The van der Waals surface area contributed by atoms with E-state index in [2.05, 4.69) is 12.2 Å². The minimum Gasteiger partial charge on any atom is -0.299 e. The Morgan fingerprint density at radius 3 is 2.22 bits per heavy atom. The average molecular weight is 144 g/mol. The summed E-state index contributed by atoms with van der Waals surface area (Å²) >= 11 is 4.64. The number of thiocarbonyl (C=S) groups is 1. The highest BCUT2D eigenvalue weighted by Gasteiger charge is 2.21. The molecule has 0 radical (unpaired) electrons. The predicted octanol–water partition coefficient (Wildman–Crippen LogP) is 1.99. The van der Waals surface area contributed by atoms with Crippen molar-refractivity contribution in [3.63, 3.8) is 0 Å². The molecule has 0 aromatic rings. The molecule has 0 aromatic carbocycles. The van der Waals surface area contributed by atoms with E-state index < -0.39 is 0 Å². The molecule has 0 aliphatic heterocycles. The Morgan fingerprint density at radius 2 is 2.11 bits per heavy atom. The number of rotatable bonds is 3. The zero-order valence-corrected chi connectivity index (χ0v) is 6.92. The van der Waals surface area contributed by atoms with E-state index in [0.717, 1.165) is 0 Å². The Bertz CT molecular complexity index is 127. The SMILES string of the molecule is CC(=O)C(C)(C)CC=S. The molecule has 0 saturated heterocycles. The van der Waals surface area contributed by atoms with Crippen LogP contribution in [0.1, 0.15) is 27.2 Å². The van der Waals surface area contributed by atoms with E-state index in [-0.39, 0.29) is 11.2 Å². The molecule has 0 spiro atoms. The first-order valence-corrected chi connectivity index (χ1v) is 3.42. The minimum absolute atomic E-state index is 0.198. The lowest BCUT2D eigenvalue weighted by Gasteiger charge is -2.17. The quantitative estimate of drug-likeness (QED) is 0.563. The van der Waals surface area contributed by atoms with Crippen molar-refractivity contribution in [1.29, 1.82) is 0 Å². The summed E-state index contributed by atoms with van der Waals surface area (Å²) in [6, 6.07) is 0. The van der Waals surface area contributed by atoms with Crippen LogP contribution < -0.4 is 0 Å². The van der Waals surface area contributed by atoms with Crippen molar-refractivity contribution in [3.05, 3.63) is 0 Å². The van der Waals surface area contributed by atoms with Crippen LogP contribution in [-0.4, -0.2) is 11.2 Å². The molecule has 0 bridgehead atoms. The van der Waals surface area contributed by atoms with E-state index in [1.54, 1.807) is 12.3 Å². The third kappa shape index (κ3) is 2.70. The molecular weight excluding hydrogens is 132 g/mol. The van der Waals surface area contributed by atoms with Crippen molar-refractivity contribution in [1.82, 2.24) is 0 Å². The molecule has 0 aliphatic rings.